The van der Waals surface area contributed by atoms with Gasteiger partial charge in [-0.05, 0) is 13.3 Å². The fraction of sp³-hybridized carbons (Fsp3) is 0.889. The second-order valence-electron chi connectivity index (χ2n) is 3.48. The molecule has 1 fully saturated rings. The van der Waals surface area contributed by atoms with Gasteiger partial charge in [0.1, 0.15) is 0 Å². The van der Waals surface area contributed by atoms with Crippen molar-refractivity contribution in [1.82, 2.24) is 4.90 Å². The summed E-state index contributed by atoms with van der Waals surface area (Å²) in [4.78, 5) is 13.4. The van der Waals surface area contributed by atoms with Gasteiger partial charge >= 0.3 is 0 Å². The predicted octanol–water partition coefficient (Wildman–Crippen LogP) is -0.0290. The monoisotopic (exact) mass is 186 g/mol. The van der Waals surface area contributed by atoms with Gasteiger partial charge in [-0.2, -0.15) is 0 Å². The third kappa shape index (κ3) is 2.67. The van der Waals surface area contributed by atoms with E-state index in [0.29, 0.717) is 26.1 Å². The Morgan fingerprint density at radius 2 is 2.46 bits per heavy atom. The second kappa shape index (κ2) is 4.58. The lowest BCUT2D eigenvalue weighted by molar-refractivity contribution is -0.139. The highest BCUT2D eigenvalue weighted by Crippen LogP contribution is 2.06. The topological polar surface area (TPSA) is 55.6 Å². The van der Waals surface area contributed by atoms with Crippen LogP contribution in [0.5, 0.6) is 0 Å². The lowest BCUT2D eigenvalue weighted by Gasteiger charge is -2.32. The van der Waals surface area contributed by atoms with E-state index in [2.05, 4.69) is 0 Å². The van der Waals surface area contributed by atoms with Gasteiger partial charge in [0.15, 0.2) is 0 Å². The van der Waals surface area contributed by atoms with E-state index in [1.807, 2.05) is 13.8 Å². The molecule has 2 atom stereocenters. The Labute approximate surface area is 79.0 Å². The smallest absolute Gasteiger partial charge is 0.239 e. The average Bonchev–Trinajstić information content (AvgIpc) is 2.15. The Kier molecular flexibility index (Phi) is 3.69. The Bertz CT molecular complexity index is 184. The van der Waals surface area contributed by atoms with Crippen molar-refractivity contribution in [3.8, 4) is 0 Å². The molecule has 0 aliphatic carbocycles. The van der Waals surface area contributed by atoms with Gasteiger partial charge in [0.05, 0.1) is 18.8 Å². The zero-order valence-corrected chi connectivity index (χ0v) is 8.32. The van der Waals surface area contributed by atoms with Crippen LogP contribution < -0.4 is 5.73 Å². The molecule has 1 unspecified atom stereocenters. The standard InChI is InChI=1S/C9H18N2O2/c1-3-8(10)9(12)11-4-5-13-7(2)6-11/h7-8H,3-6,10H2,1-2H3/t7?,8-/m1/s1. The zero-order chi connectivity index (χ0) is 9.84. The molecule has 1 saturated heterocycles. The van der Waals surface area contributed by atoms with Crippen LogP contribution >= 0.6 is 0 Å². The van der Waals surface area contributed by atoms with Gasteiger partial charge in [-0.15, -0.1) is 0 Å². The van der Waals surface area contributed by atoms with E-state index in [1.54, 1.807) is 4.90 Å². The molecule has 76 valence electrons. The van der Waals surface area contributed by atoms with Crippen molar-refractivity contribution in [3.05, 3.63) is 0 Å². The molecule has 13 heavy (non-hydrogen) atoms. The average molecular weight is 186 g/mol. The predicted molar refractivity (Wildman–Crippen MR) is 50.3 cm³/mol. The van der Waals surface area contributed by atoms with Crippen LogP contribution in [0.2, 0.25) is 0 Å². The van der Waals surface area contributed by atoms with E-state index in [4.69, 9.17) is 10.5 Å². The summed E-state index contributed by atoms with van der Waals surface area (Å²) in [6.45, 7) is 5.87. The largest absolute Gasteiger partial charge is 0.375 e. The van der Waals surface area contributed by atoms with E-state index in [0.717, 1.165) is 0 Å². The minimum Gasteiger partial charge on any atom is -0.375 e. The highest BCUT2D eigenvalue weighted by atomic mass is 16.5. The molecular weight excluding hydrogens is 168 g/mol. The number of hydrogen-bond acceptors (Lipinski definition) is 3. The molecule has 0 aromatic carbocycles. The van der Waals surface area contributed by atoms with Gasteiger partial charge in [-0.3, -0.25) is 4.79 Å². The van der Waals surface area contributed by atoms with Gasteiger partial charge in [0.25, 0.3) is 0 Å². The first-order valence-corrected chi connectivity index (χ1v) is 4.81. The minimum absolute atomic E-state index is 0.0534. The van der Waals surface area contributed by atoms with Crippen molar-refractivity contribution in [2.45, 2.75) is 32.4 Å². The summed E-state index contributed by atoms with van der Waals surface area (Å²) in [6, 6.07) is -0.342. The Morgan fingerprint density at radius 3 is 3.00 bits per heavy atom. The number of nitrogens with zero attached hydrogens (tertiary/aromatic N) is 1. The third-order valence-electron chi connectivity index (χ3n) is 2.31. The number of rotatable bonds is 2. The van der Waals surface area contributed by atoms with Gasteiger partial charge in [-0.25, -0.2) is 0 Å². The lowest BCUT2D eigenvalue weighted by atomic mass is 10.2. The maximum absolute atomic E-state index is 11.6. The van der Waals surface area contributed by atoms with Crippen molar-refractivity contribution in [1.29, 1.82) is 0 Å². The Morgan fingerprint density at radius 1 is 1.77 bits per heavy atom. The normalized spacial score (nSPS) is 25.8. The van der Waals surface area contributed by atoms with Gasteiger partial charge in [0.2, 0.25) is 5.91 Å². The molecular formula is C9H18N2O2. The molecule has 0 aromatic rings. The van der Waals surface area contributed by atoms with Crippen molar-refractivity contribution in [2.75, 3.05) is 19.7 Å². The molecule has 0 saturated carbocycles. The van der Waals surface area contributed by atoms with Crippen LogP contribution in [0.15, 0.2) is 0 Å². The summed E-state index contributed by atoms with van der Waals surface area (Å²) in [7, 11) is 0. The van der Waals surface area contributed by atoms with Crippen LogP contribution in [0.3, 0.4) is 0 Å². The van der Waals surface area contributed by atoms with E-state index in [-0.39, 0.29) is 18.1 Å². The highest BCUT2D eigenvalue weighted by molar-refractivity contribution is 5.81. The van der Waals surface area contributed by atoms with Crippen molar-refractivity contribution < 1.29 is 9.53 Å². The molecule has 1 rings (SSSR count). The van der Waals surface area contributed by atoms with E-state index >= 15 is 0 Å². The van der Waals surface area contributed by atoms with E-state index in [1.165, 1.54) is 0 Å². The summed E-state index contributed by atoms with van der Waals surface area (Å²) >= 11 is 0. The molecule has 1 aliphatic heterocycles. The first-order chi connectivity index (χ1) is 6.15. The van der Waals surface area contributed by atoms with Gasteiger partial charge < -0.3 is 15.4 Å². The molecule has 1 aliphatic rings. The first-order valence-electron chi connectivity index (χ1n) is 4.81. The van der Waals surface area contributed by atoms with Crippen LogP contribution in [0.4, 0.5) is 0 Å². The Hall–Kier alpha value is -0.610. The summed E-state index contributed by atoms with van der Waals surface area (Å²) in [6.07, 6.45) is 0.839. The highest BCUT2D eigenvalue weighted by Gasteiger charge is 2.24. The molecule has 4 heteroatoms. The number of nitrogens with two attached hydrogens (primary N) is 1. The van der Waals surface area contributed by atoms with E-state index < -0.39 is 0 Å². The van der Waals surface area contributed by atoms with Gasteiger partial charge in [-0.1, -0.05) is 6.92 Å². The number of amides is 1. The summed E-state index contributed by atoms with van der Waals surface area (Å²) in [5.74, 6) is 0.0534. The maximum Gasteiger partial charge on any atom is 0.239 e. The fourth-order valence-electron chi connectivity index (χ4n) is 1.43. The number of carbonyl (C=O) groups excluding carboxylic acids is 1. The summed E-state index contributed by atoms with van der Waals surface area (Å²) in [5, 5.41) is 0. The zero-order valence-electron chi connectivity index (χ0n) is 8.32. The fourth-order valence-corrected chi connectivity index (χ4v) is 1.43. The molecule has 4 nitrogen and oxygen atoms in total. The number of hydrogen-bond donors (Lipinski definition) is 1. The SMILES string of the molecule is CC[C@@H](N)C(=O)N1CCOC(C)C1. The molecule has 0 radical (unpaired) electrons. The molecule has 1 amide bonds. The first kappa shape index (κ1) is 10.5. The second-order valence-corrected chi connectivity index (χ2v) is 3.48. The van der Waals surface area contributed by atoms with Crippen molar-refractivity contribution in [2.24, 2.45) is 5.73 Å². The van der Waals surface area contributed by atoms with Crippen molar-refractivity contribution >= 4 is 5.91 Å². The maximum atomic E-state index is 11.6. The number of morpholine rings is 1. The molecule has 0 bridgehead atoms. The molecule has 1 heterocycles. The third-order valence-corrected chi connectivity index (χ3v) is 2.31. The molecule has 0 spiro atoms. The van der Waals surface area contributed by atoms with Crippen LogP contribution in [0.1, 0.15) is 20.3 Å². The minimum atomic E-state index is -0.342. The summed E-state index contributed by atoms with van der Waals surface area (Å²) in [5.41, 5.74) is 5.66. The van der Waals surface area contributed by atoms with Crippen LogP contribution in [-0.2, 0) is 9.53 Å². The number of ether oxygens (including phenoxy) is 1. The summed E-state index contributed by atoms with van der Waals surface area (Å²) < 4.78 is 5.34. The molecule has 2 N–H and O–H groups in total. The number of carbonyl (C=O) groups is 1. The van der Waals surface area contributed by atoms with Crippen LogP contribution in [0, 0.1) is 0 Å². The van der Waals surface area contributed by atoms with Gasteiger partial charge in [0, 0.05) is 13.1 Å². The molecule has 0 aromatic heterocycles. The lowest BCUT2D eigenvalue weighted by Crippen LogP contribution is -2.50. The quantitative estimate of drug-likeness (QED) is 0.659. The Balaban J connectivity index is 2.46. The van der Waals surface area contributed by atoms with Crippen molar-refractivity contribution in [3.63, 3.8) is 0 Å². The van der Waals surface area contributed by atoms with Crippen LogP contribution in [0.25, 0.3) is 0 Å². The van der Waals surface area contributed by atoms with Crippen LogP contribution in [-0.4, -0.2) is 42.6 Å². The van der Waals surface area contributed by atoms with E-state index in [9.17, 15) is 4.79 Å².